The van der Waals surface area contributed by atoms with Crippen molar-refractivity contribution in [2.75, 3.05) is 6.61 Å². The highest BCUT2D eigenvalue weighted by Gasteiger charge is 1.88. The van der Waals surface area contributed by atoms with Crippen LogP contribution in [-0.4, -0.2) is 17.7 Å². The number of allylic oxidation sites excluding steroid dienone is 1. The first kappa shape index (κ1) is 12.2. The number of hydrogen-bond donors (Lipinski definition) is 1. The Labute approximate surface area is 79.1 Å². The standard InChI is InChI=1S/C10H18O3/c11-9-7-5-3-1-2-4-6-8-10(12)13/h6,8,11H,1-5,7,9H2,(H,12,13)/p-1/b8-6-. The van der Waals surface area contributed by atoms with Gasteiger partial charge in [0.2, 0.25) is 0 Å². The van der Waals surface area contributed by atoms with Crippen LogP contribution in [0.3, 0.4) is 0 Å². The minimum Gasteiger partial charge on any atom is -0.545 e. The van der Waals surface area contributed by atoms with Gasteiger partial charge in [-0.25, -0.2) is 0 Å². The van der Waals surface area contributed by atoms with Gasteiger partial charge in [0.25, 0.3) is 0 Å². The summed E-state index contributed by atoms with van der Waals surface area (Å²) in [6.45, 7) is 0.268. The molecule has 0 aliphatic heterocycles. The fourth-order valence-corrected chi connectivity index (χ4v) is 1.08. The molecule has 0 saturated heterocycles. The first-order valence-electron chi connectivity index (χ1n) is 4.75. The van der Waals surface area contributed by atoms with Crippen molar-refractivity contribution >= 4 is 5.97 Å². The van der Waals surface area contributed by atoms with Crippen LogP contribution in [0.2, 0.25) is 0 Å². The molecule has 0 atom stereocenters. The minimum absolute atomic E-state index is 0.268. The molecule has 76 valence electrons. The molecule has 0 heterocycles. The number of aliphatic hydroxyl groups is 1. The average Bonchev–Trinajstić information content (AvgIpc) is 2.09. The molecule has 0 amide bonds. The van der Waals surface area contributed by atoms with Crippen molar-refractivity contribution in [2.45, 2.75) is 38.5 Å². The summed E-state index contributed by atoms with van der Waals surface area (Å²) in [5.41, 5.74) is 0. The zero-order valence-corrected chi connectivity index (χ0v) is 7.87. The number of carbonyl (C=O) groups excluding carboxylic acids is 1. The van der Waals surface area contributed by atoms with Crippen molar-refractivity contribution in [3.63, 3.8) is 0 Å². The lowest BCUT2D eigenvalue weighted by molar-refractivity contribution is -0.297. The van der Waals surface area contributed by atoms with Gasteiger partial charge < -0.3 is 15.0 Å². The van der Waals surface area contributed by atoms with Gasteiger partial charge in [-0.05, 0) is 25.3 Å². The van der Waals surface area contributed by atoms with Crippen LogP contribution in [0.4, 0.5) is 0 Å². The molecule has 1 N–H and O–H groups in total. The zero-order valence-electron chi connectivity index (χ0n) is 7.87. The van der Waals surface area contributed by atoms with Crippen LogP contribution in [0.1, 0.15) is 38.5 Å². The summed E-state index contributed by atoms with van der Waals surface area (Å²) in [7, 11) is 0. The van der Waals surface area contributed by atoms with Crippen LogP contribution in [0, 0.1) is 0 Å². The second-order valence-corrected chi connectivity index (χ2v) is 3.00. The van der Waals surface area contributed by atoms with Crippen LogP contribution < -0.4 is 5.11 Å². The molecule has 0 aromatic carbocycles. The van der Waals surface area contributed by atoms with E-state index in [1.807, 2.05) is 0 Å². The van der Waals surface area contributed by atoms with E-state index in [-0.39, 0.29) is 6.61 Å². The van der Waals surface area contributed by atoms with Gasteiger partial charge >= 0.3 is 0 Å². The summed E-state index contributed by atoms with van der Waals surface area (Å²) in [5.74, 6) is -1.12. The van der Waals surface area contributed by atoms with Crippen molar-refractivity contribution in [2.24, 2.45) is 0 Å². The largest absolute Gasteiger partial charge is 0.545 e. The zero-order chi connectivity index (χ0) is 9.94. The Bertz CT molecular complexity index is 152. The van der Waals surface area contributed by atoms with E-state index in [4.69, 9.17) is 5.11 Å². The second-order valence-electron chi connectivity index (χ2n) is 3.00. The number of unbranched alkanes of at least 4 members (excludes halogenated alkanes) is 5. The van der Waals surface area contributed by atoms with Crippen LogP contribution in [0.15, 0.2) is 12.2 Å². The highest BCUT2D eigenvalue weighted by atomic mass is 16.4. The fraction of sp³-hybridized carbons (Fsp3) is 0.700. The van der Waals surface area contributed by atoms with Gasteiger partial charge in [0.05, 0.1) is 5.97 Å². The van der Waals surface area contributed by atoms with Crippen molar-refractivity contribution in [3.05, 3.63) is 12.2 Å². The first-order valence-corrected chi connectivity index (χ1v) is 4.75. The SMILES string of the molecule is O=C([O-])/C=C\CCCCCCCO. The molecular weight excluding hydrogens is 168 g/mol. The van der Waals surface area contributed by atoms with Crippen molar-refractivity contribution in [1.82, 2.24) is 0 Å². The molecule has 0 aliphatic carbocycles. The van der Waals surface area contributed by atoms with Crippen molar-refractivity contribution < 1.29 is 15.0 Å². The van der Waals surface area contributed by atoms with Crippen molar-refractivity contribution in [1.29, 1.82) is 0 Å². The summed E-state index contributed by atoms with van der Waals surface area (Å²) in [4.78, 5) is 9.95. The van der Waals surface area contributed by atoms with E-state index < -0.39 is 5.97 Å². The maximum Gasteiger partial charge on any atom is 0.0639 e. The van der Waals surface area contributed by atoms with E-state index in [0.29, 0.717) is 0 Å². The molecule has 3 nitrogen and oxygen atoms in total. The number of aliphatic hydroxyl groups excluding tert-OH is 1. The average molecular weight is 185 g/mol. The molecule has 0 rings (SSSR count). The molecule has 0 unspecified atom stereocenters. The fourth-order valence-electron chi connectivity index (χ4n) is 1.08. The first-order chi connectivity index (χ1) is 6.27. The lowest BCUT2D eigenvalue weighted by Crippen LogP contribution is -2.18. The smallest absolute Gasteiger partial charge is 0.0639 e. The number of carbonyl (C=O) groups is 1. The molecule has 0 aromatic rings. The molecule has 0 bridgehead atoms. The molecule has 0 saturated carbocycles. The van der Waals surface area contributed by atoms with Gasteiger partial charge in [0.1, 0.15) is 0 Å². The number of rotatable bonds is 8. The number of aliphatic carboxylic acids is 1. The Morgan fingerprint density at radius 2 is 1.77 bits per heavy atom. The molecule has 0 fully saturated rings. The lowest BCUT2D eigenvalue weighted by Gasteiger charge is -1.97. The maximum atomic E-state index is 9.95. The predicted octanol–water partition coefficient (Wildman–Crippen LogP) is 0.625. The molecule has 3 heteroatoms. The topological polar surface area (TPSA) is 60.4 Å². The Balaban J connectivity index is 3.03. The van der Waals surface area contributed by atoms with Gasteiger partial charge in [0.15, 0.2) is 0 Å². The third-order valence-corrected chi connectivity index (χ3v) is 1.78. The molecule has 0 aromatic heterocycles. The van der Waals surface area contributed by atoms with Gasteiger partial charge in [-0.1, -0.05) is 25.3 Å². The van der Waals surface area contributed by atoms with E-state index in [9.17, 15) is 9.90 Å². The Hall–Kier alpha value is -0.830. The highest BCUT2D eigenvalue weighted by Crippen LogP contribution is 2.05. The molecular formula is C10H17O3-. The van der Waals surface area contributed by atoms with Gasteiger partial charge in [0, 0.05) is 6.61 Å². The van der Waals surface area contributed by atoms with E-state index in [0.717, 1.165) is 44.6 Å². The van der Waals surface area contributed by atoms with Crippen LogP contribution >= 0.6 is 0 Å². The maximum absolute atomic E-state index is 9.95. The summed E-state index contributed by atoms with van der Waals surface area (Å²) in [6, 6.07) is 0. The van der Waals surface area contributed by atoms with Gasteiger partial charge in [-0.3, -0.25) is 0 Å². The number of hydrogen-bond acceptors (Lipinski definition) is 3. The number of carboxylic acids is 1. The Morgan fingerprint density at radius 3 is 2.38 bits per heavy atom. The molecule has 0 spiro atoms. The second kappa shape index (κ2) is 9.26. The van der Waals surface area contributed by atoms with Gasteiger partial charge in [-0.15, -0.1) is 0 Å². The number of carboxylic acid groups (broad SMARTS) is 1. The third kappa shape index (κ3) is 11.2. The lowest BCUT2D eigenvalue weighted by atomic mass is 10.1. The molecule has 13 heavy (non-hydrogen) atoms. The molecule has 0 radical (unpaired) electrons. The van der Waals surface area contributed by atoms with E-state index in [1.165, 1.54) is 0 Å². The summed E-state index contributed by atoms with van der Waals surface area (Å²) in [6.07, 6.45) is 8.64. The normalized spacial score (nSPS) is 10.8. The summed E-state index contributed by atoms with van der Waals surface area (Å²) >= 11 is 0. The van der Waals surface area contributed by atoms with Crippen LogP contribution in [-0.2, 0) is 4.79 Å². The van der Waals surface area contributed by atoms with Crippen LogP contribution in [0.5, 0.6) is 0 Å². The van der Waals surface area contributed by atoms with E-state index in [2.05, 4.69) is 0 Å². The van der Waals surface area contributed by atoms with E-state index in [1.54, 1.807) is 6.08 Å². The summed E-state index contributed by atoms with van der Waals surface area (Å²) < 4.78 is 0. The third-order valence-electron chi connectivity index (χ3n) is 1.78. The van der Waals surface area contributed by atoms with Gasteiger partial charge in [-0.2, -0.15) is 0 Å². The minimum atomic E-state index is -1.12. The van der Waals surface area contributed by atoms with Crippen LogP contribution in [0.25, 0.3) is 0 Å². The molecule has 0 aliphatic rings. The monoisotopic (exact) mass is 185 g/mol. The Morgan fingerprint density at radius 1 is 1.15 bits per heavy atom. The Kier molecular flexibility index (Phi) is 8.67. The van der Waals surface area contributed by atoms with E-state index >= 15 is 0 Å². The quantitative estimate of drug-likeness (QED) is 0.445. The summed E-state index contributed by atoms with van der Waals surface area (Å²) in [5, 5.41) is 18.4. The predicted molar refractivity (Wildman–Crippen MR) is 48.9 cm³/mol. The van der Waals surface area contributed by atoms with Crippen molar-refractivity contribution in [3.8, 4) is 0 Å². The highest BCUT2D eigenvalue weighted by molar-refractivity contribution is 5.77.